The monoisotopic (exact) mass is 165 g/mol. The molecule has 1 aromatic rings. The van der Waals surface area contributed by atoms with Gasteiger partial charge in [0.2, 0.25) is 0 Å². The second kappa shape index (κ2) is 2.94. The van der Waals surface area contributed by atoms with E-state index in [9.17, 15) is 0 Å². The topological polar surface area (TPSA) is 25.2 Å². The van der Waals surface area contributed by atoms with E-state index < -0.39 is 0 Å². The predicted molar refractivity (Wildman–Crippen MR) is 48.2 cm³/mol. The van der Waals surface area contributed by atoms with E-state index in [0.29, 0.717) is 6.04 Å². The van der Waals surface area contributed by atoms with Gasteiger partial charge in [-0.3, -0.25) is 0 Å². The van der Waals surface area contributed by atoms with Crippen LogP contribution in [0.25, 0.3) is 0 Å². The van der Waals surface area contributed by atoms with Crippen LogP contribution in [0.15, 0.2) is 10.5 Å². The molecule has 1 aromatic heterocycles. The first-order valence-electron chi connectivity index (χ1n) is 4.64. The highest BCUT2D eigenvalue weighted by molar-refractivity contribution is 5.29. The lowest BCUT2D eigenvalue weighted by Gasteiger charge is -2.05. The molecule has 0 bridgehead atoms. The molecule has 2 heteroatoms. The number of aryl methyl sites for hydroxylation is 2. The van der Waals surface area contributed by atoms with Gasteiger partial charge in [0.05, 0.1) is 6.04 Å². The predicted octanol–water partition coefficient (Wildman–Crippen LogP) is 2.05. The van der Waals surface area contributed by atoms with Crippen LogP contribution in [0.1, 0.15) is 36.5 Å². The Morgan fingerprint density at radius 2 is 2.50 bits per heavy atom. The second-order valence-electron chi connectivity index (χ2n) is 3.34. The fourth-order valence-electron chi connectivity index (χ4n) is 1.87. The quantitative estimate of drug-likeness (QED) is 0.725. The Bertz CT molecular complexity index is 277. The number of hydrogen-bond acceptors (Lipinski definition) is 2. The Balaban J connectivity index is 2.31. The molecule has 12 heavy (non-hydrogen) atoms. The van der Waals surface area contributed by atoms with Crippen molar-refractivity contribution in [2.45, 2.75) is 32.2 Å². The van der Waals surface area contributed by atoms with Crippen molar-refractivity contribution in [2.75, 3.05) is 7.05 Å². The summed E-state index contributed by atoms with van der Waals surface area (Å²) in [6, 6.07) is 2.66. The number of furan rings is 1. The fraction of sp³-hybridized carbons (Fsp3) is 0.600. The van der Waals surface area contributed by atoms with Gasteiger partial charge >= 0.3 is 0 Å². The molecule has 66 valence electrons. The van der Waals surface area contributed by atoms with Crippen molar-refractivity contribution in [3.63, 3.8) is 0 Å². The van der Waals surface area contributed by atoms with Crippen molar-refractivity contribution < 1.29 is 4.42 Å². The average Bonchev–Trinajstić information content (AvgIpc) is 2.61. The van der Waals surface area contributed by atoms with Gasteiger partial charge < -0.3 is 9.73 Å². The minimum atomic E-state index is 0.459. The zero-order valence-corrected chi connectivity index (χ0v) is 7.68. The van der Waals surface area contributed by atoms with E-state index >= 15 is 0 Å². The number of nitrogens with one attached hydrogen (secondary N) is 1. The van der Waals surface area contributed by atoms with Crippen molar-refractivity contribution in [3.8, 4) is 0 Å². The molecule has 1 N–H and O–H groups in total. The van der Waals surface area contributed by atoms with Crippen LogP contribution in [0.5, 0.6) is 0 Å². The first kappa shape index (κ1) is 7.87. The molecule has 0 aromatic carbocycles. The van der Waals surface area contributed by atoms with Crippen molar-refractivity contribution in [1.82, 2.24) is 5.32 Å². The summed E-state index contributed by atoms with van der Waals surface area (Å²) in [6.07, 6.45) is 3.36. The number of hydrogen-bond donors (Lipinski definition) is 1. The first-order chi connectivity index (χ1) is 5.85. The summed E-state index contributed by atoms with van der Waals surface area (Å²) in [5.41, 5.74) is 1.41. The molecule has 1 atom stereocenters. The third kappa shape index (κ3) is 1.07. The minimum Gasteiger partial charge on any atom is -0.464 e. The van der Waals surface area contributed by atoms with Crippen molar-refractivity contribution in [3.05, 3.63) is 23.2 Å². The van der Waals surface area contributed by atoms with Gasteiger partial charge in [-0.15, -0.1) is 0 Å². The van der Waals surface area contributed by atoms with E-state index in [1.807, 2.05) is 7.05 Å². The van der Waals surface area contributed by atoms with E-state index in [4.69, 9.17) is 4.42 Å². The Kier molecular flexibility index (Phi) is 1.93. The molecule has 2 rings (SSSR count). The molecule has 1 aliphatic rings. The zero-order valence-electron chi connectivity index (χ0n) is 7.68. The van der Waals surface area contributed by atoms with Crippen LogP contribution in [0, 0.1) is 0 Å². The molecule has 0 spiro atoms. The average molecular weight is 165 g/mol. The van der Waals surface area contributed by atoms with Gasteiger partial charge in [-0.2, -0.15) is 0 Å². The minimum absolute atomic E-state index is 0.459. The Morgan fingerprint density at radius 1 is 1.67 bits per heavy atom. The highest BCUT2D eigenvalue weighted by Gasteiger charge is 2.25. The van der Waals surface area contributed by atoms with E-state index in [1.165, 1.54) is 24.2 Å². The molecule has 1 aliphatic carbocycles. The van der Waals surface area contributed by atoms with E-state index in [-0.39, 0.29) is 0 Å². The number of fused-ring (bicyclic) bond motifs is 1. The Labute approximate surface area is 73.0 Å². The maximum Gasteiger partial charge on any atom is 0.124 e. The largest absolute Gasteiger partial charge is 0.464 e. The summed E-state index contributed by atoms with van der Waals surface area (Å²) >= 11 is 0. The molecule has 0 fully saturated rings. The van der Waals surface area contributed by atoms with E-state index in [1.54, 1.807) is 0 Å². The van der Waals surface area contributed by atoms with Gasteiger partial charge in [-0.05, 0) is 31.5 Å². The van der Waals surface area contributed by atoms with E-state index in [0.717, 1.165) is 12.2 Å². The molecule has 0 saturated carbocycles. The third-order valence-corrected chi connectivity index (χ3v) is 2.61. The van der Waals surface area contributed by atoms with Crippen LogP contribution in [-0.4, -0.2) is 7.05 Å². The molecule has 1 heterocycles. The fourth-order valence-corrected chi connectivity index (χ4v) is 1.87. The van der Waals surface area contributed by atoms with Crippen LogP contribution < -0.4 is 5.32 Å². The molecular formula is C10H15NO. The molecule has 2 nitrogen and oxygen atoms in total. The molecule has 0 radical (unpaired) electrons. The van der Waals surface area contributed by atoms with E-state index in [2.05, 4.69) is 18.3 Å². The van der Waals surface area contributed by atoms with Gasteiger partial charge in [0.15, 0.2) is 0 Å². The highest BCUT2D eigenvalue weighted by Crippen LogP contribution is 2.33. The maximum atomic E-state index is 5.72. The van der Waals surface area contributed by atoms with Crippen LogP contribution in [0.4, 0.5) is 0 Å². The van der Waals surface area contributed by atoms with Crippen molar-refractivity contribution >= 4 is 0 Å². The SMILES string of the molecule is CCc1cc2c(o1)C(NC)CC2. The van der Waals surface area contributed by atoms with Crippen LogP contribution in [0.2, 0.25) is 0 Å². The maximum absolute atomic E-state index is 5.72. The lowest BCUT2D eigenvalue weighted by atomic mass is 10.2. The molecular weight excluding hydrogens is 150 g/mol. The van der Waals surface area contributed by atoms with Crippen molar-refractivity contribution in [1.29, 1.82) is 0 Å². The van der Waals surface area contributed by atoms with Crippen molar-refractivity contribution in [2.24, 2.45) is 0 Å². The highest BCUT2D eigenvalue weighted by atomic mass is 16.3. The molecule has 0 amide bonds. The zero-order chi connectivity index (χ0) is 8.55. The summed E-state index contributed by atoms with van der Waals surface area (Å²) in [5, 5.41) is 3.26. The summed E-state index contributed by atoms with van der Waals surface area (Å²) < 4.78 is 5.72. The first-order valence-corrected chi connectivity index (χ1v) is 4.64. The second-order valence-corrected chi connectivity index (χ2v) is 3.34. The number of rotatable bonds is 2. The van der Waals surface area contributed by atoms with Gasteiger partial charge in [0.25, 0.3) is 0 Å². The van der Waals surface area contributed by atoms with Gasteiger partial charge in [-0.25, -0.2) is 0 Å². The molecule has 0 aliphatic heterocycles. The standard InChI is InChI=1S/C10H15NO/c1-3-8-6-7-4-5-9(11-2)10(7)12-8/h6,9,11H,3-5H2,1-2H3. The Hall–Kier alpha value is -0.760. The lowest BCUT2D eigenvalue weighted by molar-refractivity contribution is 0.414. The van der Waals surface area contributed by atoms with Crippen LogP contribution >= 0.6 is 0 Å². The summed E-state index contributed by atoms with van der Waals surface area (Å²) in [6.45, 7) is 2.13. The summed E-state index contributed by atoms with van der Waals surface area (Å²) in [5.74, 6) is 2.30. The summed E-state index contributed by atoms with van der Waals surface area (Å²) in [7, 11) is 1.99. The molecule has 1 unspecified atom stereocenters. The summed E-state index contributed by atoms with van der Waals surface area (Å²) in [4.78, 5) is 0. The Morgan fingerprint density at radius 3 is 3.17 bits per heavy atom. The molecule has 0 saturated heterocycles. The normalized spacial score (nSPS) is 21.3. The van der Waals surface area contributed by atoms with Crippen LogP contribution in [-0.2, 0) is 12.8 Å². The van der Waals surface area contributed by atoms with Gasteiger partial charge in [0.1, 0.15) is 11.5 Å². The third-order valence-electron chi connectivity index (χ3n) is 2.61. The van der Waals surface area contributed by atoms with Gasteiger partial charge in [0, 0.05) is 6.42 Å². The smallest absolute Gasteiger partial charge is 0.124 e. The lowest BCUT2D eigenvalue weighted by Crippen LogP contribution is -2.12. The van der Waals surface area contributed by atoms with Crippen LogP contribution in [0.3, 0.4) is 0 Å². The van der Waals surface area contributed by atoms with Gasteiger partial charge in [-0.1, -0.05) is 6.92 Å².